The van der Waals surface area contributed by atoms with Crippen molar-refractivity contribution < 1.29 is 9.90 Å². The number of rotatable bonds is 3. The van der Waals surface area contributed by atoms with Gasteiger partial charge in [0.05, 0.1) is 0 Å². The Balaban J connectivity index is 0. The molecule has 0 aromatic heterocycles. The average Bonchev–Trinajstić information content (AvgIpc) is 1.65. The third-order valence-corrected chi connectivity index (χ3v) is 1.02. The van der Waals surface area contributed by atoms with E-state index in [1.54, 1.807) is 0 Å². The molecule has 0 aromatic carbocycles. The van der Waals surface area contributed by atoms with Gasteiger partial charge in [-0.2, -0.15) is 0 Å². The monoisotopic (exact) mass is 215 g/mol. The van der Waals surface area contributed by atoms with Crippen molar-refractivity contribution in [1.29, 1.82) is 0 Å². The van der Waals surface area contributed by atoms with Gasteiger partial charge in [-0.3, -0.25) is 4.79 Å². The molecule has 0 aliphatic rings. The molecular weight excluding hydrogens is 209 g/mol. The van der Waals surface area contributed by atoms with Crippen LogP contribution in [0.5, 0.6) is 0 Å². The molecule has 1 N–H and O–H groups in total. The molecule has 0 fully saturated rings. The molecule has 0 heterocycles. The van der Waals surface area contributed by atoms with Crippen LogP contribution in [0.15, 0.2) is 12.8 Å². The van der Waals surface area contributed by atoms with Crippen LogP contribution in [0.25, 0.3) is 0 Å². The minimum atomic E-state index is -0.887. The van der Waals surface area contributed by atoms with E-state index in [9.17, 15) is 4.79 Å². The van der Waals surface area contributed by atoms with Gasteiger partial charge in [-0.25, -0.2) is 0 Å². The standard InChI is InChI=1S/C4H6BrNO2.ClH/c1-2-6(5)3-4(7)8;/h2H,1,3H2,(H,7,8);1H. The SMILES string of the molecule is C=CN(Br)CC(=O)O.Cl. The highest BCUT2D eigenvalue weighted by Crippen LogP contribution is 1.94. The predicted octanol–water partition coefficient (Wildman–Crippen LogP) is 1.25. The summed E-state index contributed by atoms with van der Waals surface area (Å²) < 4.78 is 1.30. The Morgan fingerprint density at radius 2 is 2.33 bits per heavy atom. The second-order valence-corrected chi connectivity index (χ2v) is 2.05. The minimum absolute atomic E-state index is 0. The number of carboxylic acid groups (broad SMARTS) is 1. The van der Waals surface area contributed by atoms with Crippen LogP contribution < -0.4 is 0 Å². The van der Waals surface area contributed by atoms with Crippen LogP contribution in [0.4, 0.5) is 0 Å². The lowest BCUT2D eigenvalue weighted by Crippen LogP contribution is -2.14. The number of hydrogen-bond acceptors (Lipinski definition) is 2. The Labute approximate surface area is 68.1 Å². The highest BCUT2D eigenvalue weighted by molar-refractivity contribution is 9.07. The van der Waals surface area contributed by atoms with Crippen LogP contribution in [-0.2, 0) is 4.79 Å². The van der Waals surface area contributed by atoms with E-state index in [1.807, 2.05) is 0 Å². The topological polar surface area (TPSA) is 40.5 Å². The maximum atomic E-state index is 9.85. The van der Waals surface area contributed by atoms with Crippen LogP contribution in [-0.4, -0.2) is 21.5 Å². The summed E-state index contributed by atoms with van der Waals surface area (Å²) in [7, 11) is 0. The number of nitrogens with zero attached hydrogens (tertiary/aromatic N) is 1. The normalized spacial score (nSPS) is 7.22. The number of halogens is 2. The van der Waals surface area contributed by atoms with E-state index in [4.69, 9.17) is 5.11 Å². The summed E-state index contributed by atoms with van der Waals surface area (Å²) in [6, 6.07) is 0. The summed E-state index contributed by atoms with van der Waals surface area (Å²) >= 11 is 2.91. The molecule has 5 heteroatoms. The largest absolute Gasteiger partial charge is 0.480 e. The highest BCUT2D eigenvalue weighted by atomic mass is 79.9. The number of hydrogen-bond donors (Lipinski definition) is 1. The maximum Gasteiger partial charge on any atom is 0.324 e. The zero-order valence-corrected chi connectivity index (χ0v) is 6.98. The van der Waals surface area contributed by atoms with Gasteiger partial charge in [0.25, 0.3) is 0 Å². The second kappa shape index (κ2) is 5.91. The fourth-order valence-corrected chi connectivity index (χ4v) is 0.408. The van der Waals surface area contributed by atoms with Gasteiger partial charge < -0.3 is 9.03 Å². The van der Waals surface area contributed by atoms with Gasteiger partial charge in [-0.1, -0.05) is 6.58 Å². The van der Waals surface area contributed by atoms with Gasteiger partial charge in [-0.15, -0.1) is 12.4 Å². The molecule has 0 atom stereocenters. The molecule has 54 valence electrons. The Bertz CT molecular complexity index is 109. The van der Waals surface area contributed by atoms with Crippen molar-refractivity contribution in [3.63, 3.8) is 0 Å². The molecular formula is C4H7BrClNO2. The lowest BCUT2D eigenvalue weighted by Gasteiger charge is -2.03. The number of carboxylic acids is 1. The van der Waals surface area contributed by atoms with Crippen molar-refractivity contribution in [3.8, 4) is 0 Å². The summed E-state index contributed by atoms with van der Waals surface area (Å²) in [6.45, 7) is 3.26. The van der Waals surface area contributed by atoms with E-state index >= 15 is 0 Å². The van der Waals surface area contributed by atoms with Gasteiger partial charge in [0.15, 0.2) is 0 Å². The lowest BCUT2D eigenvalue weighted by molar-refractivity contribution is -0.136. The molecule has 0 saturated carbocycles. The molecule has 0 radical (unpaired) electrons. The van der Waals surface area contributed by atoms with E-state index < -0.39 is 5.97 Å². The minimum Gasteiger partial charge on any atom is -0.480 e. The summed E-state index contributed by atoms with van der Waals surface area (Å²) in [6.07, 6.45) is 1.38. The molecule has 0 spiro atoms. The van der Waals surface area contributed by atoms with E-state index in [-0.39, 0.29) is 19.0 Å². The van der Waals surface area contributed by atoms with Crippen molar-refractivity contribution in [3.05, 3.63) is 12.8 Å². The van der Waals surface area contributed by atoms with Crippen LogP contribution in [0.3, 0.4) is 0 Å². The first-order valence-corrected chi connectivity index (χ1v) is 2.64. The van der Waals surface area contributed by atoms with Crippen LogP contribution in [0.2, 0.25) is 0 Å². The Morgan fingerprint density at radius 3 is 2.44 bits per heavy atom. The summed E-state index contributed by atoms with van der Waals surface area (Å²) in [4.78, 5) is 9.85. The fourth-order valence-electron chi connectivity index (χ4n) is 0.194. The quantitative estimate of drug-likeness (QED) is 0.722. The maximum absolute atomic E-state index is 9.85. The van der Waals surface area contributed by atoms with Crippen LogP contribution in [0, 0.1) is 0 Å². The first-order chi connectivity index (χ1) is 3.66. The van der Waals surface area contributed by atoms with Crippen molar-refractivity contribution in [2.45, 2.75) is 0 Å². The molecule has 0 aromatic rings. The van der Waals surface area contributed by atoms with Crippen LogP contribution >= 0.6 is 28.6 Å². The fraction of sp³-hybridized carbons (Fsp3) is 0.250. The van der Waals surface area contributed by atoms with Gasteiger partial charge in [0, 0.05) is 22.3 Å². The van der Waals surface area contributed by atoms with E-state index in [0.717, 1.165) is 0 Å². The first kappa shape index (κ1) is 11.6. The Morgan fingerprint density at radius 1 is 1.89 bits per heavy atom. The third-order valence-electron chi connectivity index (χ3n) is 0.484. The van der Waals surface area contributed by atoms with E-state index in [2.05, 4.69) is 22.7 Å². The molecule has 0 saturated heterocycles. The molecule has 0 unspecified atom stereocenters. The summed E-state index contributed by atoms with van der Waals surface area (Å²) in [5.74, 6) is -0.887. The van der Waals surface area contributed by atoms with Crippen molar-refractivity contribution in [2.75, 3.05) is 6.54 Å². The molecule has 9 heavy (non-hydrogen) atoms. The Kier molecular flexibility index (Phi) is 7.59. The molecule has 0 amide bonds. The Hall–Kier alpha value is -0.220. The van der Waals surface area contributed by atoms with Gasteiger partial charge in [0.2, 0.25) is 0 Å². The number of carbonyl (C=O) groups is 1. The number of aliphatic carboxylic acids is 1. The highest BCUT2D eigenvalue weighted by Gasteiger charge is 1.97. The molecule has 0 bridgehead atoms. The zero-order chi connectivity index (χ0) is 6.57. The molecule has 0 aliphatic heterocycles. The summed E-state index contributed by atoms with van der Waals surface area (Å²) in [5.41, 5.74) is 0. The molecule has 3 nitrogen and oxygen atoms in total. The lowest BCUT2D eigenvalue weighted by atomic mass is 10.7. The van der Waals surface area contributed by atoms with Crippen molar-refractivity contribution in [1.82, 2.24) is 3.93 Å². The summed E-state index contributed by atoms with van der Waals surface area (Å²) in [5, 5.41) is 8.10. The zero-order valence-electron chi connectivity index (χ0n) is 4.58. The average molecular weight is 216 g/mol. The van der Waals surface area contributed by atoms with E-state index in [1.165, 1.54) is 10.1 Å². The predicted molar refractivity (Wildman–Crippen MR) is 40.7 cm³/mol. The third kappa shape index (κ3) is 7.78. The van der Waals surface area contributed by atoms with Crippen molar-refractivity contribution in [2.24, 2.45) is 0 Å². The van der Waals surface area contributed by atoms with Gasteiger partial charge >= 0.3 is 5.97 Å². The second-order valence-electron chi connectivity index (χ2n) is 1.13. The molecule has 0 rings (SSSR count). The first-order valence-electron chi connectivity index (χ1n) is 1.93. The van der Waals surface area contributed by atoms with Gasteiger partial charge in [0.1, 0.15) is 6.54 Å². The molecule has 0 aliphatic carbocycles. The smallest absolute Gasteiger partial charge is 0.324 e. The van der Waals surface area contributed by atoms with Crippen molar-refractivity contribution >= 4 is 34.5 Å². The van der Waals surface area contributed by atoms with Gasteiger partial charge in [-0.05, 0) is 0 Å². The van der Waals surface area contributed by atoms with E-state index in [0.29, 0.717) is 0 Å². The van der Waals surface area contributed by atoms with Crippen LogP contribution in [0.1, 0.15) is 0 Å².